The molecular weight excluding hydrogens is 342 g/mol. The van der Waals surface area contributed by atoms with Gasteiger partial charge in [-0.15, -0.1) is 0 Å². The third kappa shape index (κ3) is 3.99. The number of benzene rings is 2. The number of carbonyl (C=O) groups excluding carboxylic acids is 1. The minimum atomic E-state index is -0.135. The number of aliphatic imine (C=N–C) groups is 1. The van der Waals surface area contributed by atoms with E-state index in [-0.39, 0.29) is 5.91 Å². The average molecular weight is 358 g/mol. The molecule has 0 bridgehead atoms. The number of halogens is 1. The fraction of sp³-hybridized carbons (Fsp3) is 0.111. The Hall–Kier alpha value is -2.24. The van der Waals surface area contributed by atoms with Crippen molar-refractivity contribution in [1.29, 1.82) is 0 Å². The first kappa shape index (κ1) is 16.6. The van der Waals surface area contributed by atoms with Gasteiger partial charge in [0.1, 0.15) is 0 Å². The van der Waals surface area contributed by atoms with Crippen LogP contribution in [0.4, 0.5) is 11.4 Å². The number of rotatable bonds is 3. The van der Waals surface area contributed by atoms with E-state index in [2.05, 4.69) is 10.3 Å². The number of anilines is 1. The van der Waals surface area contributed by atoms with Gasteiger partial charge in [0.25, 0.3) is 5.91 Å². The van der Waals surface area contributed by atoms with E-state index in [1.54, 1.807) is 12.1 Å². The van der Waals surface area contributed by atoms with E-state index in [9.17, 15) is 4.79 Å². The topological polar surface area (TPSA) is 44.7 Å². The maximum atomic E-state index is 12.1. The molecule has 1 fully saturated rings. The summed E-state index contributed by atoms with van der Waals surface area (Å²) < 4.78 is 0. The van der Waals surface area contributed by atoms with Gasteiger partial charge in [-0.2, -0.15) is 0 Å². The summed E-state index contributed by atoms with van der Waals surface area (Å²) in [4.78, 5) is 19.2. The minimum absolute atomic E-state index is 0.135. The quantitative estimate of drug-likeness (QED) is 0.833. The summed E-state index contributed by atoms with van der Waals surface area (Å²) >= 11 is 7.19. The highest BCUT2D eigenvalue weighted by molar-refractivity contribution is 8.18. The van der Waals surface area contributed by atoms with Crippen molar-refractivity contribution in [2.24, 2.45) is 4.99 Å². The Labute approximate surface area is 150 Å². The summed E-state index contributed by atoms with van der Waals surface area (Å²) in [6.07, 6.45) is 1.86. The zero-order valence-corrected chi connectivity index (χ0v) is 14.9. The number of carbonyl (C=O) groups is 1. The van der Waals surface area contributed by atoms with Crippen LogP contribution in [0.5, 0.6) is 0 Å². The second-order valence-electron chi connectivity index (χ2n) is 5.44. The van der Waals surface area contributed by atoms with Gasteiger partial charge in [0.15, 0.2) is 5.17 Å². The Morgan fingerprint density at radius 2 is 1.75 bits per heavy atom. The Balaban J connectivity index is 1.77. The van der Waals surface area contributed by atoms with Crippen LogP contribution in [0.1, 0.15) is 5.56 Å². The Morgan fingerprint density at radius 1 is 1.08 bits per heavy atom. The highest BCUT2D eigenvalue weighted by Crippen LogP contribution is 2.28. The standard InChI is InChI=1S/C18H16ClN3OS/c1-22(2)15-9-3-12(4-10-15)11-16-17(23)21-18(24-16)20-14-7-5-13(19)6-8-14/h3-11H,1-2H3,(H,20,21,23)/b16-11+. The lowest BCUT2D eigenvalue weighted by Crippen LogP contribution is -2.19. The van der Waals surface area contributed by atoms with Crippen LogP contribution < -0.4 is 10.2 Å². The van der Waals surface area contributed by atoms with Gasteiger partial charge >= 0.3 is 0 Å². The second-order valence-corrected chi connectivity index (χ2v) is 6.91. The highest BCUT2D eigenvalue weighted by Gasteiger charge is 2.23. The molecule has 122 valence electrons. The zero-order chi connectivity index (χ0) is 17.1. The summed E-state index contributed by atoms with van der Waals surface area (Å²) in [7, 11) is 3.99. The van der Waals surface area contributed by atoms with E-state index in [4.69, 9.17) is 11.6 Å². The van der Waals surface area contributed by atoms with Crippen molar-refractivity contribution in [3.63, 3.8) is 0 Å². The Morgan fingerprint density at radius 3 is 2.38 bits per heavy atom. The smallest absolute Gasteiger partial charge is 0.264 e. The predicted molar refractivity (Wildman–Crippen MR) is 103 cm³/mol. The lowest BCUT2D eigenvalue weighted by Gasteiger charge is -2.11. The van der Waals surface area contributed by atoms with Crippen LogP contribution >= 0.6 is 23.4 Å². The van der Waals surface area contributed by atoms with Crippen molar-refractivity contribution in [2.75, 3.05) is 19.0 Å². The van der Waals surface area contributed by atoms with Crippen LogP contribution in [0.15, 0.2) is 58.4 Å². The number of hydrogen-bond donors (Lipinski definition) is 1. The molecule has 0 unspecified atom stereocenters. The summed E-state index contributed by atoms with van der Waals surface area (Å²) in [6, 6.07) is 15.2. The monoisotopic (exact) mass is 357 g/mol. The maximum Gasteiger partial charge on any atom is 0.264 e. The third-order valence-electron chi connectivity index (χ3n) is 3.42. The van der Waals surface area contributed by atoms with Crippen LogP contribution in [0.3, 0.4) is 0 Å². The molecule has 0 spiro atoms. The van der Waals surface area contributed by atoms with E-state index in [1.165, 1.54) is 11.8 Å². The van der Waals surface area contributed by atoms with E-state index in [1.807, 2.05) is 61.5 Å². The van der Waals surface area contributed by atoms with Gasteiger partial charge in [-0.25, -0.2) is 4.99 Å². The first-order chi connectivity index (χ1) is 11.5. The van der Waals surface area contributed by atoms with Gasteiger partial charge in [0.05, 0.1) is 10.6 Å². The molecule has 2 aromatic rings. The van der Waals surface area contributed by atoms with Gasteiger partial charge in [0, 0.05) is 24.8 Å². The molecule has 1 saturated heterocycles. The van der Waals surface area contributed by atoms with E-state index >= 15 is 0 Å². The van der Waals surface area contributed by atoms with Crippen LogP contribution in [-0.4, -0.2) is 25.2 Å². The number of nitrogens with zero attached hydrogens (tertiary/aromatic N) is 2. The van der Waals surface area contributed by atoms with Crippen LogP contribution in [0.2, 0.25) is 5.02 Å². The van der Waals surface area contributed by atoms with Crippen LogP contribution in [0.25, 0.3) is 6.08 Å². The summed E-state index contributed by atoms with van der Waals surface area (Å²) in [6.45, 7) is 0. The van der Waals surface area contributed by atoms with Crippen molar-refractivity contribution >= 4 is 51.9 Å². The van der Waals surface area contributed by atoms with Gasteiger partial charge in [0.2, 0.25) is 0 Å². The van der Waals surface area contributed by atoms with Crippen LogP contribution in [0, 0.1) is 0 Å². The number of amides is 1. The normalized spacial score (nSPS) is 17.4. The van der Waals surface area contributed by atoms with Gasteiger partial charge < -0.3 is 10.2 Å². The number of hydrogen-bond acceptors (Lipinski definition) is 4. The fourth-order valence-corrected chi connectivity index (χ4v) is 3.10. The lowest BCUT2D eigenvalue weighted by atomic mass is 10.2. The lowest BCUT2D eigenvalue weighted by molar-refractivity contribution is -0.115. The summed E-state index contributed by atoms with van der Waals surface area (Å²) in [5.41, 5.74) is 2.84. The van der Waals surface area contributed by atoms with Crippen molar-refractivity contribution < 1.29 is 4.79 Å². The maximum absolute atomic E-state index is 12.1. The summed E-state index contributed by atoms with van der Waals surface area (Å²) in [5, 5.41) is 4.01. The molecule has 0 radical (unpaired) electrons. The van der Waals surface area contributed by atoms with Crippen molar-refractivity contribution in [3.05, 3.63) is 64.0 Å². The predicted octanol–water partition coefficient (Wildman–Crippen LogP) is 4.30. The molecule has 1 aliphatic heterocycles. The molecule has 1 heterocycles. The van der Waals surface area contributed by atoms with Gasteiger partial charge in [-0.1, -0.05) is 23.7 Å². The molecule has 0 aromatic heterocycles. The van der Waals surface area contributed by atoms with Crippen molar-refractivity contribution in [1.82, 2.24) is 5.32 Å². The largest absolute Gasteiger partial charge is 0.378 e. The van der Waals surface area contributed by atoms with Crippen molar-refractivity contribution in [3.8, 4) is 0 Å². The molecule has 2 aromatic carbocycles. The molecule has 0 atom stereocenters. The third-order valence-corrected chi connectivity index (χ3v) is 4.58. The molecule has 0 aliphatic carbocycles. The fourth-order valence-electron chi connectivity index (χ4n) is 2.13. The number of nitrogens with one attached hydrogen (secondary N) is 1. The molecular formula is C18H16ClN3OS. The van der Waals surface area contributed by atoms with E-state index < -0.39 is 0 Å². The molecule has 1 amide bonds. The molecule has 24 heavy (non-hydrogen) atoms. The first-order valence-electron chi connectivity index (χ1n) is 7.34. The molecule has 1 N–H and O–H groups in total. The van der Waals surface area contributed by atoms with Crippen LogP contribution in [-0.2, 0) is 4.79 Å². The Kier molecular flexibility index (Phi) is 4.92. The molecule has 0 saturated carbocycles. The second kappa shape index (κ2) is 7.11. The Bertz CT molecular complexity index is 811. The average Bonchev–Trinajstić information content (AvgIpc) is 2.89. The first-order valence-corrected chi connectivity index (χ1v) is 8.53. The molecule has 4 nitrogen and oxygen atoms in total. The number of amidine groups is 1. The van der Waals surface area contributed by atoms with E-state index in [0.29, 0.717) is 15.1 Å². The van der Waals surface area contributed by atoms with E-state index in [0.717, 1.165) is 16.9 Å². The van der Waals surface area contributed by atoms with Crippen molar-refractivity contribution in [2.45, 2.75) is 0 Å². The molecule has 6 heteroatoms. The number of thioether (sulfide) groups is 1. The van der Waals surface area contributed by atoms with Gasteiger partial charge in [-0.05, 0) is 59.8 Å². The molecule has 1 aliphatic rings. The van der Waals surface area contributed by atoms with Gasteiger partial charge in [-0.3, -0.25) is 4.79 Å². The highest BCUT2D eigenvalue weighted by atomic mass is 35.5. The molecule has 3 rings (SSSR count). The SMILES string of the molecule is CN(C)c1ccc(/C=C2/SC(=Nc3ccc(Cl)cc3)NC2=O)cc1. The zero-order valence-electron chi connectivity index (χ0n) is 13.3. The minimum Gasteiger partial charge on any atom is -0.378 e. The summed E-state index contributed by atoms with van der Waals surface area (Å²) in [5.74, 6) is -0.135.